The predicted octanol–water partition coefficient (Wildman–Crippen LogP) is 5.11. The third kappa shape index (κ3) is 8.53. The van der Waals surface area contributed by atoms with Gasteiger partial charge in [0.25, 0.3) is 0 Å². The molecular weight excluding hydrogens is 553 g/mol. The van der Waals surface area contributed by atoms with E-state index in [1.807, 2.05) is 51.1 Å². The normalized spacial score (nSPS) is 12.5. The Balaban J connectivity index is 2.10. The molecule has 3 aromatic carbocycles. The van der Waals surface area contributed by atoms with Gasteiger partial charge in [0, 0.05) is 29.1 Å². The Bertz CT molecular complexity index is 1460. The van der Waals surface area contributed by atoms with Gasteiger partial charge < -0.3 is 10.2 Å². The summed E-state index contributed by atoms with van der Waals surface area (Å²) >= 11 is 6.26. The van der Waals surface area contributed by atoms with Crippen LogP contribution in [0, 0.1) is 12.7 Å². The molecule has 0 spiro atoms. The van der Waals surface area contributed by atoms with Gasteiger partial charge in [0.05, 0.1) is 11.9 Å². The Morgan fingerprint density at radius 3 is 2.20 bits per heavy atom. The van der Waals surface area contributed by atoms with E-state index in [4.69, 9.17) is 11.6 Å². The van der Waals surface area contributed by atoms with E-state index in [0.717, 1.165) is 21.7 Å². The van der Waals surface area contributed by atoms with E-state index in [9.17, 15) is 22.4 Å². The SMILES string of the molecule is Cc1ccc(N(CC(=O)N(Cc2ccccc2F)[C@@H](Cc2ccccc2)C(=O)NC(C)(C)C)S(C)(=O)=O)cc1Cl. The molecule has 0 fully saturated rings. The van der Waals surface area contributed by atoms with Gasteiger partial charge in [-0.3, -0.25) is 13.9 Å². The molecule has 3 aromatic rings. The van der Waals surface area contributed by atoms with Crippen molar-refractivity contribution < 1.29 is 22.4 Å². The molecule has 10 heteroatoms. The number of nitrogens with one attached hydrogen (secondary N) is 1. The van der Waals surface area contributed by atoms with Crippen LogP contribution in [0.3, 0.4) is 0 Å². The molecule has 1 atom stereocenters. The largest absolute Gasteiger partial charge is 0.350 e. The number of rotatable bonds is 10. The van der Waals surface area contributed by atoms with Crippen LogP contribution in [0.1, 0.15) is 37.5 Å². The molecule has 0 aliphatic carbocycles. The van der Waals surface area contributed by atoms with Crippen molar-refractivity contribution in [3.8, 4) is 0 Å². The van der Waals surface area contributed by atoms with Gasteiger partial charge in [0.1, 0.15) is 18.4 Å². The summed E-state index contributed by atoms with van der Waals surface area (Å²) in [6.45, 7) is 6.38. The van der Waals surface area contributed by atoms with E-state index in [-0.39, 0.29) is 24.2 Å². The summed E-state index contributed by atoms with van der Waals surface area (Å²) in [6, 6.07) is 18.8. The summed E-state index contributed by atoms with van der Waals surface area (Å²) in [4.78, 5) is 28.9. The van der Waals surface area contributed by atoms with Crippen LogP contribution in [0.15, 0.2) is 72.8 Å². The van der Waals surface area contributed by atoms with Gasteiger partial charge in [-0.15, -0.1) is 0 Å². The minimum absolute atomic E-state index is 0.137. The molecule has 40 heavy (non-hydrogen) atoms. The van der Waals surface area contributed by atoms with E-state index in [1.165, 1.54) is 29.2 Å². The summed E-state index contributed by atoms with van der Waals surface area (Å²) in [5.74, 6) is -1.65. The molecular formula is C30H35ClFN3O4S. The minimum Gasteiger partial charge on any atom is -0.350 e. The zero-order valence-corrected chi connectivity index (χ0v) is 24.9. The molecule has 214 valence electrons. The molecule has 1 N–H and O–H groups in total. The Labute approximate surface area is 241 Å². The zero-order valence-electron chi connectivity index (χ0n) is 23.3. The number of benzene rings is 3. The summed E-state index contributed by atoms with van der Waals surface area (Å²) in [5, 5.41) is 3.27. The number of aryl methyl sites for hydroxylation is 1. The zero-order chi connectivity index (χ0) is 29.7. The maximum atomic E-state index is 14.8. The highest BCUT2D eigenvalue weighted by Crippen LogP contribution is 2.26. The second-order valence-electron chi connectivity index (χ2n) is 10.8. The van der Waals surface area contributed by atoms with Crippen LogP contribution in [0.25, 0.3) is 0 Å². The van der Waals surface area contributed by atoms with Crippen molar-refractivity contribution in [2.45, 2.75) is 52.2 Å². The van der Waals surface area contributed by atoms with Crippen molar-refractivity contribution in [1.29, 1.82) is 0 Å². The number of amides is 2. The molecule has 0 heterocycles. The molecule has 0 bridgehead atoms. The monoisotopic (exact) mass is 587 g/mol. The van der Waals surface area contributed by atoms with Crippen LogP contribution in [0.2, 0.25) is 5.02 Å². The van der Waals surface area contributed by atoms with Crippen LogP contribution >= 0.6 is 11.6 Å². The molecule has 2 amide bonds. The second kappa shape index (κ2) is 12.8. The fourth-order valence-corrected chi connectivity index (χ4v) is 5.18. The number of nitrogens with zero attached hydrogens (tertiary/aromatic N) is 2. The number of hydrogen-bond donors (Lipinski definition) is 1. The molecule has 0 saturated carbocycles. The third-order valence-corrected chi connectivity index (χ3v) is 7.74. The predicted molar refractivity (Wildman–Crippen MR) is 157 cm³/mol. The highest BCUT2D eigenvalue weighted by Gasteiger charge is 2.34. The van der Waals surface area contributed by atoms with E-state index >= 15 is 0 Å². The van der Waals surface area contributed by atoms with Gasteiger partial charge in [-0.05, 0) is 57.0 Å². The van der Waals surface area contributed by atoms with Gasteiger partial charge in [-0.25, -0.2) is 12.8 Å². The molecule has 0 unspecified atom stereocenters. The Hall–Kier alpha value is -3.43. The summed E-state index contributed by atoms with van der Waals surface area (Å²) < 4.78 is 41.5. The standard InChI is InChI=1S/C30H35ClFN3O4S/c1-21-15-16-24(18-25(21)31)35(40(5,38)39)20-28(36)34(19-23-13-9-10-14-26(23)32)27(29(37)33-30(2,3)4)17-22-11-7-6-8-12-22/h6-16,18,27H,17,19-20H2,1-5H3,(H,33,37)/t27-/m0/s1. The number of carbonyl (C=O) groups excluding carboxylic acids is 2. The van der Waals surface area contributed by atoms with Gasteiger partial charge in [-0.1, -0.05) is 66.2 Å². The Morgan fingerprint density at radius 2 is 1.62 bits per heavy atom. The molecule has 0 aromatic heterocycles. The molecule has 7 nitrogen and oxygen atoms in total. The first-order valence-electron chi connectivity index (χ1n) is 12.8. The highest BCUT2D eigenvalue weighted by atomic mass is 35.5. The van der Waals surface area contributed by atoms with Gasteiger partial charge >= 0.3 is 0 Å². The summed E-state index contributed by atoms with van der Waals surface area (Å²) in [6.07, 6.45) is 1.13. The van der Waals surface area contributed by atoms with Crippen molar-refractivity contribution in [3.63, 3.8) is 0 Å². The fraction of sp³-hybridized carbons (Fsp3) is 0.333. The number of anilines is 1. The average molecular weight is 588 g/mol. The lowest BCUT2D eigenvalue weighted by Gasteiger charge is -2.35. The molecule has 0 radical (unpaired) electrons. The first-order valence-corrected chi connectivity index (χ1v) is 15.0. The topological polar surface area (TPSA) is 86.8 Å². The van der Waals surface area contributed by atoms with E-state index < -0.39 is 45.8 Å². The van der Waals surface area contributed by atoms with E-state index in [1.54, 1.807) is 25.1 Å². The summed E-state index contributed by atoms with van der Waals surface area (Å²) in [5.41, 5.74) is 1.31. The van der Waals surface area contributed by atoms with Crippen molar-refractivity contribution >= 4 is 39.1 Å². The first kappa shape index (κ1) is 31.1. The summed E-state index contributed by atoms with van der Waals surface area (Å²) in [7, 11) is -3.94. The number of halogens is 2. The van der Waals surface area contributed by atoms with Crippen LogP contribution in [0.5, 0.6) is 0 Å². The lowest BCUT2D eigenvalue weighted by Crippen LogP contribution is -2.56. The number of hydrogen-bond acceptors (Lipinski definition) is 4. The highest BCUT2D eigenvalue weighted by molar-refractivity contribution is 7.92. The van der Waals surface area contributed by atoms with E-state index in [0.29, 0.717) is 5.02 Å². The molecule has 0 aliphatic heterocycles. The van der Waals surface area contributed by atoms with E-state index in [2.05, 4.69) is 5.32 Å². The van der Waals surface area contributed by atoms with Gasteiger partial charge in [0.2, 0.25) is 21.8 Å². The van der Waals surface area contributed by atoms with Crippen molar-refractivity contribution in [3.05, 3.63) is 100 Å². The molecule has 3 rings (SSSR count). The van der Waals surface area contributed by atoms with Crippen LogP contribution in [0.4, 0.5) is 10.1 Å². The lowest BCUT2D eigenvalue weighted by atomic mass is 10.0. The maximum Gasteiger partial charge on any atom is 0.244 e. The number of sulfonamides is 1. The number of carbonyl (C=O) groups is 2. The minimum atomic E-state index is -3.94. The molecule has 0 aliphatic rings. The quantitative estimate of drug-likeness (QED) is 0.357. The lowest BCUT2D eigenvalue weighted by molar-refractivity contribution is -0.140. The second-order valence-corrected chi connectivity index (χ2v) is 13.1. The van der Waals surface area contributed by atoms with Crippen LogP contribution in [-0.4, -0.2) is 49.5 Å². The molecule has 0 saturated heterocycles. The average Bonchev–Trinajstić information content (AvgIpc) is 2.86. The van der Waals surface area contributed by atoms with Crippen molar-refractivity contribution in [1.82, 2.24) is 10.2 Å². The van der Waals surface area contributed by atoms with Crippen LogP contribution < -0.4 is 9.62 Å². The van der Waals surface area contributed by atoms with Crippen molar-refractivity contribution in [2.75, 3.05) is 17.1 Å². The fourth-order valence-electron chi connectivity index (χ4n) is 4.17. The maximum absolute atomic E-state index is 14.8. The third-order valence-electron chi connectivity index (χ3n) is 6.19. The van der Waals surface area contributed by atoms with Crippen LogP contribution in [-0.2, 0) is 32.6 Å². The van der Waals surface area contributed by atoms with Gasteiger partial charge in [0.15, 0.2) is 0 Å². The van der Waals surface area contributed by atoms with Crippen molar-refractivity contribution in [2.24, 2.45) is 0 Å². The Morgan fingerprint density at radius 1 is 1.00 bits per heavy atom. The first-order chi connectivity index (χ1) is 18.7. The van der Waals surface area contributed by atoms with Gasteiger partial charge in [-0.2, -0.15) is 0 Å². The smallest absolute Gasteiger partial charge is 0.244 e. The Kier molecular flexibility index (Phi) is 9.97.